The fourth-order valence-electron chi connectivity index (χ4n) is 4.95. The van der Waals surface area contributed by atoms with Crippen LogP contribution in [0, 0.1) is 0 Å². The molecule has 1 N–H and O–H groups in total. The summed E-state index contributed by atoms with van der Waals surface area (Å²) >= 11 is 0. The van der Waals surface area contributed by atoms with Crippen LogP contribution in [0.5, 0.6) is 5.75 Å². The van der Waals surface area contributed by atoms with Crippen LogP contribution in [0.1, 0.15) is 50.8 Å². The molecule has 6 nitrogen and oxygen atoms in total. The molecule has 3 aromatic rings. The van der Waals surface area contributed by atoms with Gasteiger partial charge in [-0.25, -0.2) is 5.01 Å². The Kier molecular flexibility index (Phi) is 5.14. The largest absolute Gasteiger partial charge is 0.497 e. The normalized spacial score (nSPS) is 19.7. The number of anilines is 1. The Balaban J connectivity index is 1.66. The number of benzene rings is 2. The van der Waals surface area contributed by atoms with Crippen molar-refractivity contribution in [2.45, 2.75) is 51.2 Å². The summed E-state index contributed by atoms with van der Waals surface area (Å²) in [7, 11) is 1.66. The summed E-state index contributed by atoms with van der Waals surface area (Å²) in [6, 6.07) is 16.5. The highest BCUT2D eigenvalue weighted by Crippen LogP contribution is 2.42. The van der Waals surface area contributed by atoms with E-state index in [4.69, 9.17) is 9.84 Å². The minimum Gasteiger partial charge on any atom is -0.497 e. The van der Waals surface area contributed by atoms with Crippen LogP contribution in [0.4, 0.5) is 5.69 Å². The molecule has 1 aliphatic carbocycles. The number of rotatable bonds is 5. The molecule has 2 heterocycles. The quantitative estimate of drug-likeness (QED) is 0.618. The van der Waals surface area contributed by atoms with Gasteiger partial charge in [-0.2, -0.15) is 0 Å². The van der Waals surface area contributed by atoms with Crippen molar-refractivity contribution >= 4 is 28.2 Å². The van der Waals surface area contributed by atoms with E-state index in [2.05, 4.69) is 34.3 Å². The van der Waals surface area contributed by atoms with E-state index in [1.807, 2.05) is 35.3 Å². The number of carbonyl (C=O) groups excluding carboxylic acids is 1. The molecule has 5 rings (SSSR count). The van der Waals surface area contributed by atoms with Gasteiger partial charge in [0.15, 0.2) is 17.8 Å². The topological polar surface area (TPSA) is 60.9 Å². The van der Waals surface area contributed by atoms with E-state index in [-0.39, 0.29) is 11.9 Å². The summed E-state index contributed by atoms with van der Waals surface area (Å²) in [5.41, 5.74) is 3.16. The van der Waals surface area contributed by atoms with Crippen LogP contribution in [0.15, 0.2) is 59.8 Å². The minimum absolute atomic E-state index is 0.00595. The Morgan fingerprint density at radius 3 is 2.52 bits per heavy atom. The number of nitrogens with one attached hydrogen (secondary N) is 1. The molecule has 2 aromatic carbocycles. The zero-order valence-electron chi connectivity index (χ0n) is 18.0. The lowest BCUT2D eigenvalue weighted by molar-refractivity contribution is -0.111. The summed E-state index contributed by atoms with van der Waals surface area (Å²) in [4.78, 5) is 18.4. The Morgan fingerprint density at radius 1 is 1.06 bits per heavy atom. The first-order valence-electron chi connectivity index (χ1n) is 11.0. The molecule has 1 aliphatic heterocycles. The minimum atomic E-state index is -0.174. The fraction of sp³-hybridized carbons (Fsp3) is 0.360. The number of ether oxygens (including phenoxy) is 1. The van der Waals surface area contributed by atoms with Gasteiger partial charge in [0.1, 0.15) is 5.75 Å². The monoisotopic (exact) mass is 416 g/mol. The highest BCUT2D eigenvalue weighted by atomic mass is 16.5. The first-order valence-corrected chi connectivity index (χ1v) is 11.0. The molecule has 1 atom stereocenters. The number of aromatic amines is 1. The maximum Gasteiger partial charge on any atom is 0.196 e. The molecule has 2 aliphatic rings. The molecular formula is C25H28N4O2. The van der Waals surface area contributed by atoms with E-state index in [9.17, 15) is 4.79 Å². The molecular weight excluding hydrogens is 388 g/mol. The zero-order valence-corrected chi connectivity index (χ0v) is 18.0. The first-order chi connectivity index (χ1) is 15.2. The Hall–Kier alpha value is -3.28. The smallest absolute Gasteiger partial charge is 0.196 e. The van der Waals surface area contributed by atoms with Crippen LogP contribution in [0.25, 0.3) is 10.9 Å². The number of hydrogen-bond donors (Lipinski definition) is 1. The van der Waals surface area contributed by atoms with Gasteiger partial charge in [-0.1, -0.05) is 37.5 Å². The predicted octanol–water partition coefficient (Wildman–Crippen LogP) is 5.23. The molecule has 0 radical (unpaired) electrons. The van der Waals surface area contributed by atoms with Gasteiger partial charge < -0.3 is 14.6 Å². The van der Waals surface area contributed by atoms with Gasteiger partial charge in [-0.05, 0) is 43.2 Å². The van der Waals surface area contributed by atoms with Crippen molar-refractivity contribution in [1.82, 2.24) is 9.88 Å². The standard InChI is InChI=1S/C25H28N4O2/c1-17(30)24-27-29(19-12-14-20(31-2)15-13-19)25(28(24)18-8-4-3-5-9-18)22-16-26-23-11-7-6-10-21(22)23/h6-7,10-16,18,25-26H,3-5,8-9H2,1-2H3. The number of aromatic nitrogens is 1. The van der Waals surface area contributed by atoms with Crippen molar-refractivity contribution in [2.75, 3.05) is 12.1 Å². The van der Waals surface area contributed by atoms with E-state index in [0.717, 1.165) is 40.7 Å². The second-order valence-corrected chi connectivity index (χ2v) is 8.38. The number of methoxy groups -OCH3 is 1. The number of para-hydroxylation sites is 1. The number of nitrogens with zero attached hydrogens (tertiary/aromatic N) is 3. The maximum absolute atomic E-state index is 12.7. The van der Waals surface area contributed by atoms with E-state index in [1.54, 1.807) is 14.0 Å². The van der Waals surface area contributed by atoms with Gasteiger partial charge in [0, 0.05) is 35.6 Å². The Morgan fingerprint density at radius 2 is 1.81 bits per heavy atom. The molecule has 1 unspecified atom stereocenters. The summed E-state index contributed by atoms with van der Waals surface area (Å²) < 4.78 is 5.34. The SMILES string of the molecule is COc1ccc(N2N=C(C(C)=O)N(C3CCCCC3)C2c2c[nH]c3ccccc23)cc1. The number of amidine groups is 1. The summed E-state index contributed by atoms with van der Waals surface area (Å²) in [5.74, 6) is 1.36. The van der Waals surface area contributed by atoms with Crippen LogP contribution < -0.4 is 9.75 Å². The highest BCUT2D eigenvalue weighted by Gasteiger charge is 2.43. The zero-order chi connectivity index (χ0) is 21.4. The third-order valence-corrected chi connectivity index (χ3v) is 6.46. The molecule has 0 saturated heterocycles. The second-order valence-electron chi connectivity index (χ2n) is 8.38. The van der Waals surface area contributed by atoms with Crippen LogP contribution in [-0.2, 0) is 4.79 Å². The molecule has 1 fully saturated rings. The van der Waals surface area contributed by atoms with Crippen LogP contribution in [-0.4, -0.2) is 34.7 Å². The number of fused-ring (bicyclic) bond motifs is 1. The van der Waals surface area contributed by atoms with E-state index < -0.39 is 0 Å². The molecule has 0 spiro atoms. The van der Waals surface area contributed by atoms with Crippen molar-refractivity contribution in [3.05, 3.63) is 60.3 Å². The second kappa shape index (κ2) is 8.10. The number of hydrogen-bond acceptors (Lipinski definition) is 5. The predicted molar refractivity (Wildman–Crippen MR) is 123 cm³/mol. The lowest BCUT2D eigenvalue weighted by Gasteiger charge is -2.39. The molecule has 6 heteroatoms. The average Bonchev–Trinajstić information content (AvgIpc) is 3.41. The lowest BCUT2D eigenvalue weighted by Crippen LogP contribution is -2.45. The third-order valence-electron chi connectivity index (χ3n) is 6.46. The number of Topliss-reactive ketones (excluding diaryl/α,β-unsaturated/α-hetero) is 1. The van der Waals surface area contributed by atoms with Gasteiger partial charge >= 0.3 is 0 Å². The van der Waals surface area contributed by atoms with Gasteiger partial charge in [-0.3, -0.25) is 4.79 Å². The average molecular weight is 417 g/mol. The number of H-pyrrole nitrogens is 1. The van der Waals surface area contributed by atoms with Crippen molar-refractivity contribution in [3.63, 3.8) is 0 Å². The van der Waals surface area contributed by atoms with E-state index in [0.29, 0.717) is 11.9 Å². The molecule has 1 saturated carbocycles. The number of ketones is 1. The van der Waals surface area contributed by atoms with Crippen molar-refractivity contribution in [2.24, 2.45) is 5.10 Å². The summed E-state index contributed by atoms with van der Waals surface area (Å²) in [6.45, 7) is 1.62. The highest BCUT2D eigenvalue weighted by molar-refractivity contribution is 6.38. The number of carbonyl (C=O) groups is 1. The van der Waals surface area contributed by atoms with Crippen LogP contribution in [0.3, 0.4) is 0 Å². The Labute approximate surface area is 182 Å². The Bertz CT molecular complexity index is 1110. The fourth-order valence-corrected chi connectivity index (χ4v) is 4.95. The maximum atomic E-state index is 12.7. The van der Waals surface area contributed by atoms with Crippen LogP contribution in [0.2, 0.25) is 0 Å². The molecule has 0 amide bonds. The molecule has 0 bridgehead atoms. The number of hydrazone groups is 1. The van der Waals surface area contributed by atoms with E-state index in [1.165, 1.54) is 19.3 Å². The molecule has 1 aromatic heterocycles. The van der Waals surface area contributed by atoms with Gasteiger partial charge in [0.25, 0.3) is 0 Å². The lowest BCUT2D eigenvalue weighted by atomic mass is 9.92. The van der Waals surface area contributed by atoms with Crippen molar-refractivity contribution in [1.29, 1.82) is 0 Å². The molecule has 31 heavy (non-hydrogen) atoms. The van der Waals surface area contributed by atoms with E-state index >= 15 is 0 Å². The van der Waals surface area contributed by atoms with Gasteiger partial charge in [-0.15, -0.1) is 5.10 Å². The van der Waals surface area contributed by atoms with Crippen LogP contribution >= 0.6 is 0 Å². The molecule has 160 valence electrons. The summed E-state index contributed by atoms with van der Waals surface area (Å²) in [5, 5.41) is 8.05. The first kappa shape index (κ1) is 19.7. The van der Waals surface area contributed by atoms with Crippen molar-refractivity contribution < 1.29 is 9.53 Å². The van der Waals surface area contributed by atoms with Gasteiger partial charge in [0.2, 0.25) is 0 Å². The third kappa shape index (κ3) is 3.46. The van der Waals surface area contributed by atoms with Gasteiger partial charge in [0.05, 0.1) is 12.8 Å². The summed E-state index contributed by atoms with van der Waals surface area (Å²) in [6.07, 6.45) is 7.71. The van der Waals surface area contributed by atoms with Crippen molar-refractivity contribution in [3.8, 4) is 5.75 Å².